The fourth-order valence-electron chi connectivity index (χ4n) is 13.7. The van der Waals surface area contributed by atoms with Crippen LogP contribution in [0.2, 0.25) is 0 Å². The van der Waals surface area contributed by atoms with Gasteiger partial charge in [0.05, 0.1) is 26.4 Å². The van der Waals surface area contributed by atoms with Crippen LogP contribution in [0, 0.1) is 0 Å². The minimum absolute atomic E-state index is 0.0889. The first-order valence-corrected chi connectivity index (χ1v) is 52.8. The van der Waals surface area contributed by atoms with Gasteiger partial charge in [0.25, 0.3) is 0 Å². The fourth-order valence-corrected chi connectivity index (χ4v) is 15.3. The largest absolute Gasteiger partial charge is 0.472 e. The third-order valence-electron chi connectivity index (χ3n) is 21.2. The van der Waals surface area contributed by atoms with E-state index in [0.717, 1.165) is 154 Å². The van der Waals surface area contributed by atoms with E-state index in [4.69, 9.17) is 32.3 Å². The van der Waals surface area contributed by atoms with Gasteiger partial charge < -0.3 is 34.2 Å². The maximum atomic E-state index is 13.1. The van der Waals surface area contributed by atoms with Crippen molar-refractivity contribution in [3.05, 3.63) is 158 Å². The lowest BCUT2D eigenvalue weighted by Gasteiger charge is -2.21. The van der Waals surface area contributed by atoms with Gasteiger partial charge in [-0.3, -0.25) is 32.5 Å². The number of aliphatic hydroxyl groups excluding tert-OH is 2. The van der Waals surface area contributed by atoms with Crippen LogP contribution in [-0.4, -0.2) is 95.9 Å². The third kappa shape index (κ3) is 97.6. The van der Waals surface area contributed by atoms with E-state index in [0.29, 0.717) is 19.3 Å². The first kappa shape index (κ1) is 118. The second-order valence-corrected chi connectivity index (χ2v) is 36.1. The highest BCUT2D eigenvalue weighted by atomic mass is 31.2. The average molecular weight is 1760 g/mol. The van der Waals surface area contributed by atoms with Crippen molar-refractivity contribution in [3.63, 3.8) is 0 Å². The Bertz CT molecular complexity index is 2870. The number of carbonyl (C=O) groups excluding carboxylic acids is 3. The second kappa shape index (κ2) is 96.3. The van der Waals surface area contributed by atoms with Crippen molar-refractivity contribution in [2.75, 3.05) is 39.6 Å². The lowest BCUT2D eigenvalue weighted by atomic mass is 10.0. The molecule has 0 amide bonds. The number of ether oxygens (including phenoxy) is 3. The molecule has 0 fully saturated rings. The number of carbonyl (C=O) groups is 3. The van der Waals surface area contributed by atoms with Gasteiger partial charge in [0.1, 0.15) is 25.4 Å². The Morgan fingerprint density at radius 2 is 0.431 bits per heavy atom. The highest BCUT2D eigenvalue weighted by Gasteiger charge is 2.30. The van der Waals surface area contributed by atoms with Crippen LogP contribution in [0.3, 0.4) is 0 Å². The van der Waals surface area contributed by atoms with Gasteiger partial charge in [0.2, 0.25) is 0 Å². The quantitative estimate of drug-likeness (QED) is 0.0146. The standard InChI is InChI=1S/C105H182O16P2/c1-4-7-10-13-16-19-22-25-28-31-34-37-40-42-44-46-48-49-51-53-54-56-59-61-64-67-70-73-76-79-82-85-88-91-103(108)115-94-100(106)95-117-122(111,112)118-96-101(107)97-119-123(113,114)120-99-102(121-105(110)93-90-87-84-81-78-75-72-69-66-63-58-39-36-33-30-27-24-21-18-15-12-9-6-3)98-116-104(109)92-89-86-83-80-77-74-71-68-65-62-60-57-55-52-50-47-45-43-41-38-35-32-29-26-23-20-17-14-11-8-5-2/h9,12,16-21,25-30,34-39,42-45,63,66,100-102,106-107H,4-8,10-11,13-15,22-24,31-33,40-41,46-62,64-65,67-99H2,1-3H3,(H,111,112)(H,113,114)/b12-9-,19-16-,20-17-,21-18-,28-25-,29-26-,30-27-,37-34-,38-35-,39-36-,44-42-,45-43-,66-63-. The predicted molar refractivity (Wildman–Crippen MR) is 519 cm³/mol. The van der Waals surface area contributed by atoms with Crippen LogP contribution in [-0.2, 0) is 55.8 Å². The molecule has 0 aromatic carbocycles. The molecule has 5 unspecified atom stereocenters. The van der Waals surface area contributed by atoms with Crippen molar-refractivity contribution in [1.82, 2.24) is 0 Å². The van der Waals surface area contributed by atoms with Crippen LogP contribution >= 0.6 is 15.6 Å². The maximum absolute atomic E-state index is 13.1. The maximum Gasteiger partial charge on any atom is 0.472 e. The number of phosphoric acid groups is 2. The number of phosphoric ester groups is 2. The van der Waals surface area contributed by atoms with Crippen molar-refractivity contribution >= 4 is 33.6 Å². The molecule has 0 spiro atoms. The molecule has 0 aromatic rings. The number of unbranched alkanes of at least 4 members (excludes halogenated alkanes) is 45. The summed E-state index contributed by atoms with van der Waals surface area (Å²) in [4.78, 5) is 59.1. The predicted octanol–water partition coefficient (Wildman–Crippen LogP) is 31.2. The van der Waals surface area contributed by atoms with Gasteiger partial charge >= 0.3 is 33.6 Å². The van der Waals surface area contributed by atoms with Gasteiger partial charge in [0, 0.05) is 19.3 Å². The van der Waals surface area contributed by atoms with E-state index in [1.807, 2.05) is 0 Å². The van der Waals surface area contributed by atoms with Crippen LogP contribution in [0.25, 0.3) is 0 Å². The topological polar surface area (TPSA) is 231 Å². The molecule has 0 rings (SSSR count). The molecular formula is C105H182O16P2. The van der Waals surface area contributed by atoms with E-state index >= 15 is 0 Å². The van der Waals surface area contributed by atoms with E-state index in [1.165, 1.54) is 218 Å². The van der Waals surface area contributed by atoms with E-state index in [9.17, 15) is 43.5 Å². The smallest absolute Gasteiger partial charge is 0.463 e. The number of esters is 3. The van der Waals surface area contributed by atoms with Gasteiger partial charge in [-0.05, 0) is 154 Å². The van der Waals surface area contributed by atoms with Crippen LogP contribution in [0.15, 0.2) is 158 Å². The number of hydrogen-bond acceptors (Lipinski definition) is 14. The Morgan fingerprint density at radius 3 is 0.683 bits per heavy atom. The minimum Gasteiger partial charge on any atom is -0.463 e. The van der Waals surface area contributed by atoms with Crippen LogP contribution in [0.5, 0.6) is 0 Å². The molecule has 0 saturated heterocycles. The lowest BCUT2D eigenvalue weighted by Crippen LogP contribution is -2.30. The molecule has 0 bridgehead atoms. The summed E-state index contributed by atoms with van der Waals surface area (Å²) in [6.07, 6.45) is 124. The van der Waals surface area contributed by atoms with E-state index < -0.39 is 91.5 Å². The first-order valence-electron chi connectivity index (χ1n) is 49.8. The van der Waals surface area contributed by atoms with E-state index in [1.54, 1.807) is 0 Å². The second-order valence-electron chi connectivity index (χ2n) is 33.2. The van der Waals surface area contributed by atoms with Gasteiger partial charge in [0.15, 0.2) is 6.10 Å². The Morgan fingerprint density at radius 1 is 0.236 bits per heavy atom. The van der Waals surface area contributed by atoms with Gasteiger partial charge in [-0.1, -0.05) is 416 Å². The summed E-state index contributed by atoms with van der Waals surface area (Å²) in [6.45, 7) is 2.57. The molecule has 708 valence electrons. The summed E-state index contributed by atoms with van der Waals surface area (Å²) in [7, 11) is -9.82. The Balaban J connectivity index is 4.57. The third-order valence-corrected chi connectivity index (χ3v) is 23.1. The molecule has 0 heterocycles. The molecule has 123 heavy (non-hydrogen) atoms. The monoisotopic (exact) mass is 1760 g/mol. The Kier molecular flexibility index (Phi) is 92.5. The van der Waals surface area contributed by atoms with E-state index in [2.05, 4.69) is 179 Å². The fraction of sp³-hybridized carbons (Fsp3) is 0.724. The molecule has 0 aliphatic carbocycles. The molecule has 4 N–H and O–H groups in total. The van der Waals surface area contributed by atoms with Crippen molar-refractivity contribution in [2.24, 2.45) is 0 Å². The Labute approximate surface area is 752 Å². The summed E-state index contributed by atoms with van der Waals surface area (Å²) in [5.74, 6) is -1.57. The molecule has 0 saturated carbocycles. The van der Waals surface area contributed by atoms with Crippen molar-refractivity contribution < 1.29 is 75.8 Å². The summed E-state index contributed by atoms with van der Waals surface area (Å²) in [6, 6.07) is 0. The molecule has 16 nitrogen and oxygen atoms in total. The number of rotatable bonds is 94. The molecular weight excluding hydrogens is 1580 g/mol. The number of hydrogen-bond donors (Lipinski definition) is 4. The molecule has 18 heteroatoms. The summed E-state index contributed by atoms with van der Waals surface area (Å²) in [5.41, 5.74) is 0. The first-order chi connectivity index (χ1) is 60.2. The van der Waals surface area contributed by atoms with Crippen molar-refractivity contribution in [1.29, 1.82) is 0 Å². The highest BCUT2D eigenvalue weighted by Crippen LogP contribution is 2.45. The van der Waals surface area contributed by atoms with Gasteiger partial charge in [-0.25, -0.2) is 9.13 Å². The van der Waals surface area contributed by atoms with Crippen molar-refractivity contribution in [2.45, 2.75) is 450 Å². The zero-order chi connectivity index (χ0) is 89.3. The lowest BCUT2D eigenvalue weighted by molar-refractivity contribution is -0.161. The molecule has 0 aliphatic heterocycles. The van der Waals surface area contributed by atoms with Crippen molar-refractivity contribution in [3.8, 4) is 0 Å². The molecule has 0 radical (unpaired) electrons. The van der Waals surface area contributed by atoms with Gasteiger partial charge in [-0.15, -0.1) is 0 Å². The highest BCUT2D eigenvalue weighted by molar-refractivity contribution is 7.47. The molecule has 0 aromatic heterocycles. The summed E-state index contributed by atoms with van der Waals surface area (Å²) in [5, 5.41) is 20.8. The van der Waals surface area contributed by atoms with Gasteiger partial charge in [-0.2, -0.15) is 0 Å². The molecule has 0 aliphatic rings. The summed E-state index contributed by atoms with van der Waals surface area (Å²) >= 11 is 0. The average Bonchev–Trinajstić information content (AvgIpc) is 0.893. The minimum atomic E-state index is -4.95. The SMILES string of the molecule is CC/C=C\C/C=C\C/C=C\C/C=C\C/C=C\CCCCCCCCCC(=O)OC(COC(=O)CCCCCCCCCCCCCCCCC/C=C\C/C=C\C/C=C\C/C=C\CCCCC)COP(=O)(O)OCC(O)COP(=O)(O)OCC(O)COC(=O)CCCCCCCCCCCCCCCCCCC/C=C\C/C=C\C/C=C\C/C=C\CCCCC. The Hall–Kier alpha value is -4.83. The number of aliphatic hydroxyl groups is 2. The zero-order valence-corrected chi connectivity index (χ0v) is 80.1. The van der Waals surface area contributed by atoms with Crippen LogP contribution in [0.1, 0.15) is 432 Å². The zero-order valence-electron chi connectivity index (χ0n) is 78.3. The summed E-state index contributed by atoms with van der Waals surface area (Å²) < 4.78 is 61.6. The van der Waals surface area contributed by atoms with E-state index in [-0.39, 0.29) is 19.3 Å². The molecule has 5 atom stereocenters. The normalized spacial score (nSPS) is 14.4. The number of allylic oxidation sites excluding steroid dienone is 26. The van der Waals surface area contributed by atoms with Crippen LogP contribution in [0.4, 0.5) is 0 Å². The van der Waals surface area contributed by atoms with Crippen LogP contribution < -0.4 is 0 Å².